The summed E-state index contributed by atoms with van der Waals surface area (Å²) in [5.41, 5.74) is 2.46. The first-order chi connectivity index (χ1) is 8.54. The Hall–Kier alpha value is -1.69. The predicted octanol–water partition coefficient (Wildman–Crippen LogP) is 2.60. The molecule has 0 saturated carbocycles. The summed E-state index contributed by atoms with van der Waals surface area (Å²) in [7, 11) is 0. The van der Waals surface area contributed by atoms with Crippen LogP contribution in [0.25, 0.3) is 5.69 Å². The molecule has 94 valence electrons. The number of carboxylic acids is 1. The zero-order chi connectivity index (χ0) is 13.3. The van der Waals surface area contributed by atoms with E-state index in [0.29, 0.717) is 12.1 Å². The number of hydrogen-bond acceptors (Lipinski definition) is 3. The molecule has 1 aromatic carbocycles. The summed E-state index contributed by atoms with van der Waals surface area (Å²) in [5.74, 6) is -1.05. The predicted molar refractivity (Wildman–Crippen MR) is 70.1 cm³/mol. The molecule has 0 atom stereocenters. The van der Waals surface area contributed by atoms with Crippen molar-refractivity contribution in [2.24, 2.45) is 0 Å². The van der Waals surface area contributed by atoms with Gasteiger partial charge in [0, 0.05) is 4.47 Å². The van der Waals surface area contributed by atoms with Crippen LogP contribution in [0.5, 0.6) is 0 Å². The lowest BCUT2D eigenvalue weighted by atomic mass is 10.2. The van der Waals surface area contributed by atoms with Gasteiger partial charge in [-0.05, 0) is 37.1 Å². The number of aromatic nitrogens is 3. The van der Waals surface area contributed by atoms with E-state index in [1.165, 1.54) is 0 Å². The third kappa shape index (κ3) is 2.15. The minimum absolute atomic E-state index is 0.0137. The van der Waals surface area contributed by atoms with E-state index in [4.69, 9.17) is 5.11 Å². The number of halogens is 1. The largest absolute Gasteiger partial charge is 0.476 e. The van der Waals surface area contributed by atoms with Crippen molar-refractivity contribution in [2.45, 2.75) is 20.3 Å². The number of aromatic carboxylic acids is 1. The van der Waals surface area contributed by atoms with Crippen LogP contribution in [-0.2, 0) is 6.42 Å². The molecule has 0 saturated heterocycles. The second-order valence-electron chi connectivity index (χ2n) is 3.89. The van der Waals surface area contributed by atoms with E-state index >= 15 is 0 Å². The molecule has 18 heavy (non-hydrogen) atoms. The van der Waals surface area contributed by atoms with Gasteiger partial charge in [0.15, 0.2) is 5.69 Å². The third-order valence-electron chi connectivity index (χ3n) is 2.69. The highest BCUT2D eigenvalue weighted by Crippen LogP contribution is 2.21. The van der Waals surface area contributed by atoms with Gasteiger partial charge >= 0.3 is 5.97 Å². The molecule has 0 radical (unpaired) electrons. The maximum Gasteiger partial charge on any atom is 0.358 e. The highest BCUT2D eigenvalue weighted by atomic mass is 79.9. The summed E-state index contributed by atoms with van der Waals surface area (Å²) >= 11 is 3.39. The van der Waals surface area contributed by atoms with Gasteiger partial charge < -0.3 is 5.11 Å². The van der Waals surface area contributed by atoms with E-state index in [-0.39, 0.29) is 5.69 Å². The van der Waals surface area contributed by atoms with Gasteiger partial charge in [-0.1, -0.05) is 28.1 Å². The lowest BCUT2D eigenvalue weighted by molar-refractivity contribution is 0.0689. The smallest absolute Gasteiger partial charge is 0.358 e. The van der Waals surface area contributed by atoms with Gasteiger partial charge in [0.25, 0.3) is 0 Å². The van der Waals surface area contributed by atoms with E-state index < -0.39 is 5.97 Å². The SMILES string of the molecule is CCc1c(C(=O)O)nnn1-c1ccc(Br)cc1C. The van der Waals surface area contributed by atoms with Crippen LogP contribution in [0, 0.1) is 6.92 Å². The fraction of sp³-hybridized carbons (Fsp3) is 0.250. The first kappa shape index (κ1) is 12.8. The zero-order valence-corrected chi connectivity index (χ0v) is 11.6. The highest BCUT2D eigenvalue weighted by Gasteiger charge is 2.19. The van der Waals surface area contributed by atoms with Crippen molar-refractivity contribution in [3.8, 4) is 5.69 Å². The molecule has 0 unspecified atom stereocenters. The summed E-state index contributed by atoms with van der Waals surface area (Å²) in [4.78, 5) is 11.0. The molecule has 1 aromatic heterocycles. The van der Waals surface area contributed by atoms with Crippen molar-refractivity contribution in [1.29, 1.82) is 0 Å². The number of benzene rings is 1. The second-order valence-corrected chi connectivity index (χ2v) is 4.80. The molecule has 6 heteroatoms. The summed E-state index contributed by atoms with van der Waals surface area (Å²) in [6.45, 7) is 3.83. The monoisotopic (exact) mass is 309 g/mol. The molecule has 0 aliphatic carbocycles. The van der Waals surface area contributed by atoms with Gasteiger partial charge in [-0.25, -0.2) is 9.48 Å². The number of carboxylic acid groups (broad SMARTS) is 1. The van der Waals surface area contributed by atoms with Gasteiger partial charge in [-0.3, -0.25) is 0 Å². The molecule has 2 aromatic rings. The van der Waals surface area contributed by atoms with Crippen LogP contribution >= 0.6 is 15.9 Å². The summed E-state index contributed by atoms with van der Waals surface area (Å²) < 4.78 is 2.56. The van der Waals surface area contributed by atoms with E-state index in [1.54, 1.807) is 4.68 Å². The van der Waals surface area contributed by atoms with Gasteiger partial charge in [0.2, 0.25) is 0 Å². The molecule has 2 rings (SSSR count). The molecular formula is C12H12BrN3O2. The van der Waals surface area contributed by atoms with Gasteiger partial charge in [0.05, 0.1) is 11.4 Å². The fourth-order valence-corrected chi connectivity index (χ4v) is 2.31. The normalized spacial score (nSPS) is 10.6. The van der Waals surface area contributed by atoms with Crippen LogP contribution in [0.1, 0.15) is 28.7 Å². The first-order valence-corrected chi connectivity index (χ1v) is 6.28. The first-order valence-electron chi connectivity index (χ1n) is 5.49. The lowest BCUT2D eigenvalue weighted by Crippen LogP contribution is -2.07. The number of nitrogens with zero attached hydrogens (tertiary/aromatic N) is 3. The van der Waals surface area contributed by atoms with Crippen molar-refractivity contribution in [3.63, 3.8) is 0 Å². The molecule has 1 N–H and O–H groups in total. The number of hydrogen-bond donors (Lipinski definition) is 1. The summed E-state index contributed by atoms with van der Waals surface area (Å²) in [6, 6.07) is 5.74. The Morgan fingerprint density at radius 3 is 2.78 bits per heavy atom. The molecule has 0 aliphatic rings. The van der Waals surface area contributed by atoms with Gasteiger partial charge in [-0.15, -0.1) is 5.10 Å². The topological polar surface area (TPSA) is 68.0 Å². The highest BCUT2D eigenvalue weighted by molar-refractivity contribution is 9.10. The van der Waals surface area contributed by atoms with Crippen LogP contribution in [0.2, 0.25) is 0 Å². The standard InChI is InChI=1S/C12H12BrN3O2/c1-3-9-11(12(17)18)14-15-16(9)10-5-4-8(13)6-7(10)2/h4-6H,3H2,1-2H3,(H,17,18). The summed E-state index contributed by atoms with van der Waals surface area (Å²) in [6.07, 6.45) is 0.560. The van der Waals surface area contributed by atoms with Gasteiger partial charge in [-0.2, -0.15) is 0 Å². The number of carbonyl (C=O) groups is 1. The second kappa shape index (κ2) is 4.89. The molecule has 0 amide bonds. The molecule has 5 nitrogen and oxygen atoms in total. The molecule has 1 heterocycles. The van der Waals surface area contributed by atoms with E-state index in [2.05, 4.69) is 26.2 Å². The van der Waals surface area contributed by atoms with Crippen molar-refractivity contribution >= 4 is 21.9 Å². The molecule has 0 fully saturated rings. The lowest BCUT2D eigenvalue weighted by Gasteiger charge is -2.08. The van der Waals surface area contributed by atoms with Crippen LogP contribution in [0.3, 0.4) is 0 Å². The molecule has 0 spiro atoms. The van der Waals surface area contributed by atoms with Crippen molar-refractivity contribution in [3.05, 3.63) is 39.6 Å². The van der Waals surface area contributed by atoms with E-state index in [0.717, 1.165) is 15.7 Å². The Balaban J connectivity index is 2.60. The van der Waals surface area contributed by atoms with Crippen LogP contribution in [-0.4, -0.2) is 26.1 Å². The quantitative estimate of drug-likeness (QED) is 0.946. The third-order valence-corrected chi connectivity index (χ3v) is 3.18. The zero-order valence-electron chi connectivity index (χ0n) is 10.0. The van der Waals surface area contributed by atoms with Crippen molar-refractivity contribution in [1.82, 2.24) is 15.0 Å². The van der Waals surface area contributed by atoms with Crippen LogP contribution in [0.4, 0.5) is 0 Å². The van der Waals surface area contributed by atoms with Crippen molar-refractivity contribution in [2.75, 3.05) is 0 Å². The number of rotatable bonds is 3. The summed E-state index contributed by atoms with van der Waals surface area (Å²) in [5, 5.41) is 16.7. The Labute approximate surface area is 113 Å². The average molecular weight is 310 g/mol. The van der Waals surface area contributed by atoms with E-state index in [1.807, 2.05) is 32.0 Å². The van der Waals surface area contributed by atoms with Crippen LogP contribution < -0.4 is 0 Å². The Morgan fingerprint density at radius 1 is 1.50 bits per heavy atom. The Morgan fingerprint density at radius 2 is 2.22 bits per heavy atom. The Bertz CT molecular complexity index is 607. The average Bonchev–Trinajstić information content (AvgIpc) is 2.72. The van der Waals surface area contributed by atoms with Crippen molar-refractivity contribution < 1.29 is 9.90 Å². The van der Waals surface area contributed by atoms with Gasteiger partial charge in [0.1, 0.15) is 0 Å². The number of aryl methyl sites for hydroxylation is 1. The Kier molecular flexibility index (Phi) is 3.47. The molecule has 0 aliphatic heterocycles. The fourth-order valence-electron chi connectivity index (χ4n) is 1.83. The molecule has 0 bridgehead atoms. The van der Waals surface area contributed by atoms with E-state index in [9.17, 15) is 4.79 Å². The van der Waals surface area contributed by atoms with Crippen LogP contribution in [0.15, 0.2) is 22.7 Å². The molecular weight excluding hydrogens is 298 g/mol. The maximum atomic E-state index is 11.0. The minimum Gasteiger partial charge on any atom is -0.476 e. The maximum absolute atomic E-state index is 11.0. The minimum atomic E-state index is -1.05.